The Bertz CT molecular complexity index is 679. The summed E-state index contributed by atoms with van der Waals surface area (Å²) in [5.41, 5.74) is -0.586. The number of urea groups is 1. The molecule has 0 aliphatic carbocycles. The second-order valence-corrected chi connectivity index (χ2v) is 7.38. The molecule has 7 heteroatoms. The van der Waals surface area contributed by atoms with E-state index < -0.39 is 17.5 Å². The molecular formula is C18H24ClN3O3. The number of rotatable bonds is 5. The summed E-state index contributed by atoms with van der Waals surface area (Å²) in [6.07, 6.45) is 0. The maximum absolute atomic E-state index is 12.9. The minimum absolute atomic E-state index is 0.0177. The third kappa shape index (κ3) is 3.63. The molecule has 0 spiro atoms. The van der Waals surface area contributed by atoms with Crippen molar-refractivity contribution in [2.24, 2.45) is 0 Å². The summed E-state index contributed by atoms with van der Waals surface area (Å²) in [4.78, 5) is 40.4. The van der Waals surface area contributed by atoms with Gasteiger partial charge >= 0.3 is 6.03 Å². The Hall–Kier alpha value is -2.08. The zero-order valence-electron chi connectivity index (χ0n) is 15.2. The zero-order valence-corrected chi connectivity index (χ0v) is 15.9. The third-order valence-corrected chi connectivity index (χ3v) is 4.64. The molecule has 25 heavy (non-hydrogen) atoms. The molecule has 0 bridgehead atoms. The Morgan fingerprint density at radius 2 is 1.68 bits per heavy atom. The Morgan fingerprint density at radius 1 is 1.16 bits per heavy atom. The van der Waals surface area contributed by atoms with Crippen molar-refractivity contribution in [3.05, 3.63) is 34.9 Å². The molecule has 136 valence electrons. The van der Waals surface area contributed by atoms with E-state index in [1.807, 2.05) is 27.7 Å². The normalized spacial score (nSPS) is 20.4. The quantitative estimate of drug-likeness (QED) is 0.816. The van der Waals surface area contributed by atoms with Crippen molar-refractivity contribution < 1.29 is 14.4 Å². The number of nitrogens with zero attached hydrogens (tertiary/aromatic N) is 2. The smallest absolute Gasteiger partial charge is 0.325 e. The molecule has 4 amide bonds. The van der Waals surface area contributed by atoms with Crippen LogP contribution in [-0.2, 0) is 15.1 Å². The van der Waals surface area contributed by atoms with Gasteiger partial charge in [0.2, 0.25) is 5.91 Å². The topological polar surface area (TPSA) is 69.7 Å². The van der Waals surface area contributed by atoms with E-state index in [0.717, 1.165) is 4.90 Å². The SMILES string of the molecule is CC(C)N(C(=O)CN1C(=O)NC(C)(c2ccc(Cl)cc2)C1=O)C(C)C. The first kappa shape index (κ1) is 19.2. The molecule has 0 radical (unpaired) electrons. The number of carbonyl (C=O) groups excluding carboxylic acids is 3. The average Bonchev–Trinajstić information content (AvgIpc) is 2.71. The maximum atomic E-state index is 12.9. The molecular weight excluding hydrogens is 342 g/mol. The van der Waals surface area contributed by atoms with Crippen molar-refractivity contribution in [2.45, 2.75) is 52.2 Å². The van der Waals surface area contributed by atoms with E-state index in [-0.39, 0.29) is 24.5 Å². The van der Waals surface area contributed by atoms with Crippen LogP contribution < -0.4 is 5.32 Å². The Balaban J connectivity index is 2.24. The number of hydrogen-bond donors (Lipinski definition) is 1. The van der Waals surface area contributed by atoms with Crippen molar-refractivity contribution in [3.63, 3.8) is 0 Å². The van der Waals surface area contributed by atoms with E-state index in [1.54, 1.807) is 36.1 Å². The zero-order chi connectivity index (χ0) is 18.9. The van der Waals surface area contributed by atoms with E-state index >= 15 is 0 Å². The van der Waals surface area contributed by atoms with Crippen molar-refractivity contribution in [1.82, 2.24) is 15.1 Å². The second-order valence-electron chi connectivity index (χ2n) is 6.94. The molecule has 1 heterocycles. The van der Waals surface area contributed by atoms with Crippen LogP contribution in [0.2, 0.25) is 5.02 Å². The van der Waals surface area contributed by atoms with Gasteiger partial charge in [-0.05, 0) is 52.3 Å². The molecule has 1 aromatic carbocycles. The highest BCUT2D eigenvalue weighted by Crippen LogP contribution is 2.29. The van der Waals surface area contributed by atoms with Gasteiger partial charge in [-0.1, -0.05) is 23.7 Å². The largest absolute Gasteiger partial charge is 0.336 e. The fourth-order valence-corrected chi connectivity index (χ4v) is 3.33. The fourth-order valence-electron chi connectivity index (χ4n) is 3.21. The van der Waals surface area contributed by atoms with Crippen LogP contribution in [0.4, 0.5) is 4.79 Å². The van der Waals surface area contributed by atoms with Gasteiger partial charge in [0.1, 0.15) is 12.1 Å². The molecule has 0 aromatic heterocycles. The minimum Gasteiger partial charge on any atom is -0.336 e. The first-order chi connectivity index (χ1) is 11.6. The highest BCUT2D eigenvalue weighted by molar-refractivity contribution is 6.30. The van der Waals surface area contributed by atoms with Gasteiger partial charge in [-0.15, -0.1) is 0 Å². The monoisotopic (exact) mass is 365 g/mol. The molecule has 1 fully saturated rings. The standard InChI is InChI=1S/C18H24ClN3O3/c1-11(2)22(12(3)4)15(23)10-21-16(24)18(5,20-17(21)25)13-6-8-14(19)9-7-13/h6-9,11-12H,10H2,1-5H3,(H,20,25). The average molecular weight is 366 g/mol. The van der Waals surface area contributed by atoms with Crippen molar-refractivity contribution in [1.29, 1.82) is 0 Å². The Labute approximate surface area is 153 Å². The molecule has 1 unspecified atom stereocenters. The molecule has 1 aliphatic heterocycles. The highest BCUT2D eigenvalue weighted by atomic mass is 35.5. The summed E-state index contributed by atoms with van der Waals surface area (Å²) in [7, 11) is 0. The van der Waals surface area contributed by atoms with E-state index in [9.17, 15) is 14.4 Å². The number of imide groups is 1. The molecule has 1 atom stereocenters. The third-order valence-electron chi connectivity index (χ3n) is 4.39. The van der Waals surface area contributed by atoms with E-state index in [1.165, 1.54) is 0 Å². The molecule has 1 saturated heterocycles. The van der Waals surface area contributed by atoms with Crippen molar-refractivity contribution >= 4 is 29.4 Å². The molecule has 0 saturated carbocycles. The van der Waals surface area contributed by atoms with Gasteiger partial charge in [0.15, 0.2) is 0 Å². The molecule has 1 aromatic rings. The lowest BCUT2D eigenvalue weighted by Gasteiger charge is -2.32. The molecule has 6 nitrogen and oxygen atoms in total. The number of nitrogens with one attached hydrogen (secondary N) is 1. The van der Waals surface area contributed by atoms with Crippen LogP contribution in [-0.4, -0.2) is 46.3 Å². The number of hydrogen-bond acceptors (Lipinski definition) is 3. The summed E-state index contributed by atoms with van der Waals surface area (Å²) >= 11 is 5.89. The first-order valence-corrected chi connectivity index (χ1v) is 8.67. The van der Waals surface area contributed by atoms with E-state index in [2.05, 4.69) is 5.32 Å². The molecule has 1 N–H and O–H groups in total. The van der Waals surface area contributed by atoms with Crippen LogP contribution in [0.15, 0.2) is 24.3 Å². The number of carbonyl (C=O) groups is 3. The van der Waals surface area contributed by atoms with Crippen LogP contribution in [0, 0.1) is 0 Å². The predicted octanol–water partition coefficient (Wildman–Crippen LogP) is 2.75. The van der Waals surface area contributed by atoms with Crippen molar-refractivity contribution in [3.8, 4) is 0 Å². The van der Waals surface area contributed by atoms with Crippen molar-refractivity contribution in [2.75, 3.05) is 6.54 Å². The summed E-state index contributed by atoms with van der Waals surface area (Å²) in [6.45, 7) is 8.97. The van der Waals surface area contributed by atoms with Gasteiger partial charge in [-0.3, -0.25) is 14.5 Å². The lowest BCUT2D eigenvalue weighted by molar-refractivity contribution is -0.141. The summed E-state index contributed by atoms with van der Waals surface area (Å²) in [5, 5.41) is 3.23. The fraction of sp³-hybridized carbons (Fsp3) is 0.500. The Morgan fingerprint density at radius 3 is 2.16 bits per heavy atom. The molecule has 2 rings (SSSR count). The number of halogens is 1. The highest BCUT2D eigenvalue weighted by Gasteiger charge is 2.49. The lowest BCUT2D eigenvalue weighted by Crippen LogP contribution is -2.49. The van der Waals surface area contributed by atoms with Gasteiger partial charge < -0.3 is 10.2 Å². The van der Waals surface area contributed by atoms with Crippen LogP contribution >= 0.6 is 11.6 Å². The van der Waals surface area contributed by atoms with E-state index in [4.69, 9.17) is 11.6 Å². The Kier molecular flexibility index (Phi) is 5.42. The first-order valence-electron chi connectivity index (χ1n) is 8.29. The number of amides is 4. The van der Waals surface area contributed by atoms with Crippen LogP contribution in [0.1, 0.15) is 40.2 Å². The maximum Gasteiger partial charge on any atom is 0.325 e. The summed E-state index contributed by atoms with van der Waals surface area (Å²) in [5.74, 6) is -0.700. The van der Waals surface area contributed by atoms with E-state index in [0.29, 0.717) is 10.6 Å². The van der Waals surface area contributed by atoms with Gasteiger partial charge in [-0.2, -0.15) is 0 Å². The van der Waals surface area contributed by atoms with Gasteiger partial charge in [0, 0.05) is 17.1 Å². The molecule has 1 aliphatic rings. The van der Waals surface area contributed by atoms with Gasteiger partial charge in [0.25, 0.3) is 5.91 Å². The summed E-state index contributed by atoms with van der Waals surface area (Å²) in [6, 6.07) is 6.11. The number of benzene rings is 1. The summed E-state index contributed by atoms with van der Waals surface area (Å²) < 4.78 is 0. The predicted molar refractivity (Wildman–Crippen MR) is 96.2 cm³/mol. The lowest BCUT2D eigenvalue weighted by atomic mass is 9.92. The second kappa shape index (κ2) is 7.04. The van der Waals surface area contributed by atoms with Crippen LogP contribution in [0.3, 0.4) is 0 Å². The van der Waals surface area contributed by atoms with Crippen LogP contribution in [0.5, 0.6) is 0 Å². The van der Waals surface area contributed by atoms with Gasteiger partial charge in [-0.25, -0.2) is 4.79 Å². The van der Waals surface area contributed by atoms with Gasteiger partial charge in [0.05, 0.1) is 0 Å². The minimum atomic E-state index is -1.21. The van der Waals surface area contributed by atoms with Crippen LogP contribution in [0.25, 0.3) is 0 Å².